The Morgan fingerprint density at radius 3 is 2.52 bits per heavy atom. The maximum atomic E-state index is 12.6. The predicted molar refractivity (Wildman–Crippen MR) is 110 cm³/mol. The lowest BCUT2D eigenvalue weighted by molar-refractivity contribution is -0.384. The van der Waals surface area contributed by atoms with Crippen LogP contribution in [0.3, 0.4) is 0 Å². The van der Waals surface area contributed by atoms with Gasteiger partial charge in [0.05, 0.1) is 41.0 Å². The van der Waals surface area contributed by atoms with Crippen LogP contribution in [0.5, 0.6) is 5.75 Å². The Morgan fingerprint density at radius 2 is 1.90 bits per heavy atom. The summed E-state index contributed by atoms with van der Waals surface area (Å²) in [5, 5.41) is 16.7. The van der Waals surface area contributed by atoms with Crippen molar-refractivity contribution in [1.82, 2.24) is 4.90 Å². The SMILES string of the molecule is COc1ccc([N+](=O)[O-])cc1NC(=O)[C@H](C)N(C)CC(=O)Nc1ccccc1Cl. The first-order chi connectivity index (χ1) is 13.7. The number of non-ortho nitro benzene ring substituents is 1. The molecule has 2 rings (SSSR count). The highest BCUT2D eigenvalue weighted by Crippen LogP contribution is 2.29. The fraction of sp³-hybridized carbons (Fsp3) is 0.263. The zero-order chi connectivity index (χ0) is 21.6. The zero-order valence-corrected chi connectivity index (χ0v) is 16.9. The van der Waals surface area contributed by atoms with E-state index in [4.69, 9.17) is 16.3 Å². The van der Waals surface area contributed by atoms with Crippen molar-refractivity contribution >= 4 is 40.5 Å². The Morgan fingerprint density at radius 1 is 1.21 bits per heavy atom. The standard InChI is InChI=1S/C19H21ClN4O5/c1-12(23(2)11-18(25)21-15-7-5-4-6-14(15)20)19(26)22-16-10-13(24(27)28)8-9-17(16)29-3/h4-10,12H,11H2,1-3H3,(H,21,25)(H,22,26)/t12-/m0/s1. The Labute approximate surface area is 172 Å². The smallest absolute Gasteiger partial charge is 0.271 e. The minimum atomic E-state index is -0.698. The van der Waals surface area contributed by atoms with Crippen molar-refractivity contribution in [3.8, 4) is 5.75 Å². The summed E-state index contributed by atoms with van der Waals surface area (Å²) in [6.07, 6.45) is 0. The predicted octanol–water partition coefficient (Wildman–Crippen LogP) is 3.15. The number of halogens is 1. The Kier molecular flexibility index (Phi) is 7.52. The molecule has 0 bridgehead atoms. The first-order valence-corrected chi connectivity index (χ1v) is 8.98. The Hall–Kier alpha value is -3.17. The number of benzene rings is 2. The number of ether oxygens (including phenoxy) is 1. The van der Waals surface area contributed by atoms with E-state index >= 15 is 0 Å². The first kappa shape index (κ1) is 22.1. The lowest BCUT2D eigenvalue weighted by Crippen LogP contribution is -2.43. The molecule has 1 atom stereocenters. The first-order valence-electron chi connectivity index (χ1n) is 8.60. The zero-order valence-electron chi connectivity index (χ0n) is 16.1. The van der Waals surface area contributed by atoms with E-state index < -0.39 is 16.9 Å². The van der Waals surface area contributed by atoms with Crippen molar-refractivity contribution in [3.63, 3.8) is 0 Å². The maximum Gasteiger partial charge on any atom is 0.271 e. The lowest BCUT2D eigenvalue weighted by atomic mass is 10.2. The van der Waals surface area contributed by atoms with Gasteiger partial charge in [0, 0.05) is 12.1 Å². The largest absolute Gasteiger partial charge is 0.495 e. The van der Waals surface area contributed by atoms with Crippen LogP contribution in [-0.4, -0.2) is 48.4 Å². The third-order valence-corrected chi connectivity index (χ3v) is 4.56. The molecule has 0 aliphatic heterocycles. The van der Waals surface area contributed by atoms with Gasteiger partial charge in [-0.05, 0) is 32.2 Å². The molecule has 2 N–H and O–H groups in total. The van der Waals surface area contributed by atoms with Gasteiger partial charge in [-0.3, -0.25) is 24.6 Å². The topological polar surface area (TPSA) is 114 Å². The normalized spacial score (nSPS) is 11.6. The van der Waals surface area contributed by atoms with Crippen LogP contribution in [-0.2, 0) is 9.59 Å². The fourth-order valence-electron chi connectivity index (χ4n) is 2.46. The number of nitro benzene ring substituents is 1. The number of carbonyl (C=O) groups excluding carboxylic acids is 2. The molecule has 0 saturated heterocycles. The van der Waals surface area contributed by atoms with Crippen molar-refractivity contribution in [3.05, 3.63) is 57.6 Å². The van der Waals surface area contributed by atoms with Crippen LogP contribution in [0.2, 0.25) is 5.02 Å². The summed E-state index contributed by atoms with van der Waals surface area (Å²) >= 11 is 6.02. The molecule has 0 unspecified atom stereocenters. The van der Waals surface area contributed by atoms with Crippen molar-refractivity contribution in [2.75, 3.05) is 31.3 Å². The van der Waals surface area contributed by atoms with Gasteiger partial charge < -0.3 is 15.4 Å². The van der Waals surface area contributed by atoms with Gasteiger partial charge in [0.1, 0.15) is 5.75 Å². The number of amides is 2. The van der Waals surface area contributed by atoms with E-state index in [2.05, 4.69) is 10.6 Å². The van der Waals surface area contributed by atoms with Gasteiger partial charge >= 0.3 is 0 Å². The number of hydrogen-bond acceptors (Lipinski definition) is 6. The van der Waals surface area contributed by atoms with Gasteiger partial charge in [0.25, 0.3) is 5.69 Å². The summed E-state index contributed by atoms with van der Waals surface area (Å²) < 4.78 is 5.14. The average Bonchev–Trinajstić information content (AvgIpc) is 2.68. The van der Waals surface area contributed by atoms with Gasteiger partial charge in [0.15, 0.2) is 0 Å². The summed E-state index contributed by atoms with van der Waals surface area (Å²) in [4.78, 5) is 36.7. The van der Waals surface area contributed by atoms with E-state index in [0.717, 1.165) is 0 Å². The second-order valence-electron chi connectivity index (χ2n) is 6.25. The van der Waals surface area contributed by atoms with E-state index in [1.54, 1.807) is 38.2 Å². The number of rotatable bonds is 8. The van der Waals surface area contributed by atoms with Gasteiger partial charge in [-0.1, -0.05) is 23.7 Å². The molecule has 2 aromatic carbocycles. The van der Waals surface area contributed by atoms with Crippen LogP contribution in [0, 0.1) is 10.1 Å². The molecule has 9 nitrogen and oxygen atoms in total. The number of nitrogens with zero attached hydrogens (tertiary/aromatic N) is 2. The van der Waals surface area contributed by atoms with E-state index in [9.17, 15) is 19.7 Å². The van der Waals surface area contributed by atoms with Crippen molar-refractivity contribution in [2.24, 2.45) is 0 Å². The third kappa shape index (κ3) is 5.90. The molecule has 0 radical (unpaired) electrons. The Balaban J connectivity index is 2.02. The highest BCUT2D eigenvalue weighted by Gasteiger charge is 2.22. The molecule has 10 heteroatoms. The second-order valence-corrected chi connectivity index (χ2v) is 6.66. The van der Waals surface area contributed by atoms with E-state index in [1.165, 1.54) is 30.2 Å². The molecule has 0 fully saturated rings. The summed E-state index contributed by atoms with van der Waals surface area (Å²) in [6.45, 7) is 1.55. The lowest BCUT2D eigenvalue weighted by Gasteiger charge is -2.23. The number of anilines is 2. The molecule has 0 spiro atoms. The van der Waals surface area contributed by atoms with Gasteiger partial charge in [-0.2, -0.15) is 0 Å². The van der Waals surface area contributed by atoms with Crippen LogP contribution < -0.4 is 15.4 Å². The van der Waals surface area contributed by atoms with Gasteiger partial charge in [0.2, 0.25) is 11.8 Å². The number of nitrogens with one attached hydrogen (secondary N) is 2. The maximum absolute atomic E-state index is 12.6. The van der Waals surface area contributed by atoms with E-state index in [1.807, 2.05) is 0 Å². The van der Waals surface area contributed by atoms with Crippen molar-refractivity contribution < 1.29 is 19.2 Å². The number of para-hydroxylation sites is 1. The molecule has 29 heavy (non-hydrogen) atoms. The van der Waals surface area contributed by atoms with Crippen molar-refractivity contribution in [2.45, 2.75) is 13.0 Å². The van der Waals surface area contributed by atoms with Crippen LogP contribution >= 0.6 is 11.6 Å². The molecule has 0 aliphatic carbocycles. The summed E-state index contributed by atoms with van der Waals surface area (Å²) in [7, 11) is 3.01. The monoisotopic (exact) mass is 420 g/mol. The van der Waals surface area contributed by atoms with Crippen LogP contribution in [0.4, 0.5) is 17.1 Å². The second kappa shape index (κ2) is 9.85. The molecule has 0 saturated carbocycles. The number of carbonyl (C=O) groups is 2. The fourth-order valence-corrected chi connectivity index (χ4v) is 2.64. The van der Waals surface area contributed by atoms with Crippen molar-refractivity contribution in [1.29, 1.82) is 0 Å². The molecular weight excluding hydrogens is 400 g/mol. The highest BCUT2D eigenvalue weighted by atomic mass is 35.5. The molecule has 0 aliphatic rings. The molecular formula is C19H21ClN4O5. The molecule has 2 aromatic rings. The summed E-state index contributed by atoms with van der Waals surface area (Å²) in [5.41, 5.74) is 0.472. The van der Waals surface area contributed by atoms with Crippen LogP contribution in [0.1, 0.15) is 6.92 Å². The number of likely N-dealkylation sites (N-methyl/N-ethyl adjacent to an activating group) is 1. The Bertz CT molecular complexity index is 921. The number of nitro groups is 1. The highest BCUT2D eigenvalue weighted by molar-refractivity contribution is 6.33. The molecule has 0 heterocycles. The van der Waals surface area contributed by atoms with E-state index in [-0.39, 0.29) is 29.6 Å². The number of hydrogen-bond donors (Lipinski definition) is 2. The average molecular weight is 421 g/mol. The minimum absolute atomic E-state index is 0.0636. The molecule has 154 valence electrons. The van der Waals surface area contributed by atoms with Crippen LogP contribution in [0.15, 0.2) is 42.5 Å². The minimum Gasteiger partial charge on any atom is -0.495 e. The van der Waals surface area contributed by atoms with Crippen LogP contribution in [0.25, 0.3) is 0 Å². The van der Waals surface area contributed by atoms with Gasteiger partial charge in [-0.25, -0.2) is 0 Å². The molecule has 2 amide bonds. The quantitative estimate of drug-likeness (QED) is 0.501. The van der Waals surface area contributed by atoms with E-state index in [0.29, 0.717) is 10.7 Å². The summed E-state index contributed by atoms with van der Waals surface area (Å²) in [5.74, 6) is -0.500. The molecule has 0 aromatic heterocycles. The third-order valence-electron chi connectivity index (χ3n) is 4.23. The summed E-state index contributed by atoms with van der Waals surface area (Å²) in [6, 6.07) is 10.0. The van der Waals surface area contributed by atoms with Gasteiger partial charge in [-0.15, -0.1) is 0 Å². The number of methoxy groups -OCH3 is 1.